The van der Waals surface area contributed by atoms with Crippen LogP contribution in [0.25, 0.3) is 0 Å². The number of carbonyl (C=O) groups excluding carboxylic acids is 1. The molecule has 0 aromatic carbocycles. The highest BCUT2D eigenvalue weighted by Gasteiger charge is 2.20. The standard InChI is InChI=1S/C13H20N6O/c1-5-19-11(8(14)7-15-19)12(20)16-10-6-9(17-18-10)13(2,3)4/h6-7H,5,14H2,1-4H3,(H2,16,17,18,20). The Morgan fingerprint density at radius 1 is 1.50 bits per heavy atom. The van der Waals surface area contributed by atoms with Crippen LogP contribution in [0.15, 0.2) is 12.3 Å². The van der Waals surface area contributed by atoms with E-state index in [9.17, 15) is 4.79 Å². The van der Waals surface area contributed by atoms with Crippen molar-refractivity contribution in [3.8, 4) is 0 Å². The van der Waals surface area contributed by atoms with Crippen LogP contribution in [0.4, 0.5) is 11.5 Å². The Kier molecular flexibility index (Phi) is 3.52. The molecule has 0 unspecified atom stereocenters. The first-order chi connectivity index (χ1) is 9.32. The molecule has 4 N–H and O–H groups in total. The molecule has 108 valence electrons. The second-order valence-electron chi connectivity index (χ2n) is 5.64. The van der Waals surface area contributed by atoms with Crippen LogP contribution in [0.5, 0.6) is 0 Å². The molecule has 1 amide bonds. The van der Waals surface area contributed by atoms with Crippen molar-refractivity contribution in [2.75, 3.05) is 11.1 Å². The van der Waals surface area contributed by atoms with Crippen molar-refractivity contribution < 1.29 is 4.79 Å². The second-order valence-corrected chi connectivity index (χ2v) is 5.64. The minimum absolute atomic E-state index is 0.0554. The van der Waals surface area contributed by atoms with E-state index in [1.165, 1.54) is 6.20 Å². The maximum atomic E-state index is 12.2. The van der Waals surface area contributed by atoms with Gasteiger partial charge in [-0.1, -0.05) is 20.8 Å². The van der Waals surface area contributed by atoms with Crippen LogP contribution in [-0.2, 0) is 12.0 Å². The molecule has 2 aromatic rings. The Morgan fingerprint density at radius 3 is 2.75 bits per heavy atom. The molecule has 0 saturated heterocycles. The van der Waals surface area contributed by atoms with Crippen LogP contribution in [-0.4, -0.2) is 25.9 Å². The molecule has 0 radical (unpaired) electrons. The summed E-state index contributed by atoms with van der Waals surface area (Å²) in [6.07, 6.45) is 1.48. The number of H-pyrrole nitrogens is 1. The fourth-order valence-corrected chi connectivity index (χ4v) is 1.83. The highest BCUT2D eigenvalue weighted by atomic mass is 16.2. The van der Waals surface area contributed by atoms with E-state index in [0.717, 1.165) is 5.69 Å². The molecule has 0 spiro atoms. The topological polar surface area (TPSA) is 102 Å². The fraction of sp³-hybridized carbons (Fsp3) is 0.462. The summed E-state index contributed by atoms with van der Waals surface area (Å²) in [5, 5.41) is 13.8. The molecule has 2 rings (SSSR count). The first-order valence-electron chi connectivity index (χ1n) is 6.51. The van der Waals surface area contributed by atoms with Gasteiger partial charge in [0.15, 0.2) is 5.82 Å². The fourth-order valence-electron chi connectivity index (χ4n) is 1.83. The van der Waals surface area contributed by atoms with Crippen molar-refractivity contribution in [2.45, 2.75) is 39.7 Å². The van der Waals surface area contributed by atoms with Crippen molar-refractivity contribution in [1.82, 2.24) is 20.0 Å². The van der Waals surface area contributed by atoms with Gasteiger partial charge in [-0.05, 0) is 6.92 Å². The van der Waals surface area contributed by atoms with Crippen LogP contribution in [0.1, 0.15) is 43.9 Å². The van der Waals surface area contributed by atoms with Gasteiger partial charge in [0.05, 0.1) is 11.9 Å². The third-order valence-corrected chi connectivity index (χ3v) is 3.01. The molecular weight excluding hydrogens is 256 g/mol. The van der Waals surface area contributed by atoms with Crippen LogP contribution in [0.2, 0.25) is 0 Å². The van der Waals surface area contributed by atoms with E-state index in [2.05, 4.69) is 41.4 Å². The molecule has 0 atom stereocenters. The molecule has 2 aromatic heterocycles. The molecular formula is C13H20N6O. The molecule has 20 heavy (non-hydrogen) atoms. The van der Waals surface area contributed by atoms with Crippen LogP contribution < -0.4 is 11.1 Å². The van der Waals surface area contributed by atoms with Gasteiger partial charge in [0, 0.05) is 23.7 Å². The number of hydrogen-bond acceptors (Lipinski definition) is 4. The zero-order chi connectivity index (χ0) is 14.9. The van der Waals surface area contributed by atoms with Crippen molar-refractivity contribution in [1.29, 1.82) is 0 Å². The number of nitrogen functional groups attached to an aromatic ring is 1. The average molecular weight is 276 g/mol. The molecule has 7 heteroatoms. The lowest BCUT2D eigenvalue weighted by molar-refractivity contribution is 0.101. The van der Waals surface area contributed by atoms with Gasteiger partial charge in [-0.2, -0.15) is 10.2 Å². The second kappa shape index (κ2) is 4.99. The quantitative estimate of drug-likeness (QED) is 0.794. The zero-order valence-corrected chi connectivity index (χ0v) is 12.2. The van der Waals surface area contributed by atoms with Gasteiger partial charge in [0.1, 0.15) is 5.69 Å². The maximum absolute atomic E-state index is 12.2. The van der Waals surface area contributed by atoms with E-state index in [4.69, 9.17) is 5.73 Å². The Hall–Kier alpha value is -2.31. The zero-order valence-electron chi connectivity index (χ0n) is 12.2. The summed E-state index contributed by atoms with van der Waals surface area (Å²) in [4.78, 5) is 12.2. The number of nitrogens with two attached hydrogens (primary N) is 1. The molecule has 7 nitrogen and oxygen atoms in total. The monoisotopic (exact) mass is 276 g/mol. The van der Waals surface area contributed by atoms with E-state index in [1.54, 1.807) is 4.68 Å². The molecule has 0 aliphatic carbocycles. The minimum atomic E-state index is -0.311. The maximum Gasteiger partial charge on any atom is 0.277 e. The summed E-state index contributed by atoms with van der Waals surface area (Å²) in [5.74, 6) is 0.164. The highest BCUT2D eigenvalue weighted by molar-refractivity contribution is 6.05. The number of rotatable bonds is 3. The predicted octanol–water partition coefficient (Wildman–Crippen LogP) is 1.76. The first-order valence-corrected chi connectivity index (χ1v) is 6.51. The number of hydrogen-bond donors (Lipinski definition) is 3. The summed E-state index contributed by atoms with van der Waals surface area (Å²) in [6.45, 7) is 8.67. The summed E-state index contributed by atoms with van der Waals surface area (Å²) < 4.78 is 1.56. The number of aromatic amines is 1. The van der Waals surface area contributed by atoms with Crippen molar-refractivity contribution in [3.05, 3.63) is 23.7 Å². The van der Waals surface area contributed by atoms with Crippen molar-refractivity contribution in [3.63, 3.8) is 0 Å². The predicted molar refractivity (Wildman–Crippen MR) is 77.6 cm³/mol. The van der Waals surface area contributed by atoms with Crippen LogP contribution in [0, 0.1) is 0 Å². The van der Waals surface area contributed by atoms with E-state index in [-0.39, 0.29) is 11.3 Å². The molecule has 0 aliphatic rings. The number of anilines is 2. The third-order valence-electron chi connectivity index (χ3n) is 3.01. The van der Waals surface area contributed by atoms with Crippen molar-refractivity contribution in [2.24, 2.45) is 0 Å². The van der Waals surface area contributed by atoms with Gasteiger partial charge in [0.25, 0.3) is 5.91 Å². The number of aryl methyl sites for hydroxylation is 1. The Labute approximate surface area is 117 Å². The summed E-state index contributed by atoms with van der Waals surface area (Å²) in [6, 6.07) is 1.82. The number of aromatic nitrogens is 4. The number of amides is 1. The summed E-state index contributed by atoms with van der Waals surface area (Å²) >= 11 is 0. The number of carbonyl (C=O) groups is 1. The Bertz CT molecular complexity index is 619. The van der Waals surface area contributed by atoms with E-state index in [0.29, 0.717) is 23.7 Å². The summed E-state index contributed by atoms with van der Waals surface area (Å²) in [7, 11) is 0. The largest absolute Gasteiger partial charge is 0.396 e. The molecule has 0 aliphatic heterocycles. The third kappa shape index (κ3) is 2.66. The van der Waals surface area contributed by atoms with Gasteiger partial charge < -0.3 is 11.1 Å². The Morgan fingerprint density at radius 2 is 2.20 bits per heavy atom. The van der Waals surface area contributed by atoms with Gasteiger partial charge in [-0.25, -0.2) is 0 Å². The average Bonchev–Trinajstić information content (AvgIpc) is 2.94. The molecule has 0 bridgehead atoms. The van der Waals surface area contributed by atoms with Gasteiger partial charge >= 0.3 is 0 Å². The van der Waals surface area contributed by atoms with E-state index >= 15 is 0 Å². The van der Waals surface area contributed by atoms with Crippen LogP contribution >= 0.6 is 0 Å². The minimum Gasteiger partial charge on any atom is -0.396 e. The SMILES string of the molecule is CCn1ncc(N)c1C(=O)Nc1cc(C(C)(C)C)[nH]n1. The molecule has 0 saturated carbocycles. The lowest BCUT2D eigenvalue weighted by Crippen LogP contribution is -2.19. The first kappa shape index (κ1) is 14.1. The number of nitrogens with zero attached hydrogens (tertiary/aromatic N) is 3. The lowest BCUT2D eigenvalue weighted by Gasteiger charge is -2.14. The van der Waals surface area contributed by atoms with Crippen molar-refractivity contribution >= 4 is 17.4 Å². The normalized spacial score (nSPS) is 11.6. The smallest absolute Gasteiger partial charge is 0.277 e. The molecule has 0 fully saturated rings. The Balaban J connectivity index is 2.20. The molecule has 2 heterocycles. The summed E-state index contributed by atoms with van der Waals surface area (Å²) in [5.41, 5.74) is 7.38. The van der Waals surface area contributed by atoms with E-state index in [1.807, 2.05) is 13.0 Å². The van der Waals surface area contributed by atoms with Crippen LogP contribution in [0.3, 0.4) is 0 Å². The lowest BCUT2D eigenvalue weighted by atomic mass is 9.92. The van der Waals surface area contributed by atoms with Gasteiger partial charge in [-0.15, -0.1) is 0 Å². The van der Waals surface area contributed by atoms with Gasteiger partial charge in [-0.3, -0.25) is 14.6 Å². The van der Waals surface area contributed by atoms with Gasteiger partial charge in [0.2, 0.25) is 0 Å². The number of nitrogens with one attached hydrogen (secondary N) is 2. The highest BCUT2D eigenvalue weighted by Crippen LogP contribution is 2.22. The van der Waals surface area contributed by atoms with E-state index < -0.39 is 0 Å².